The summed E-state index contributed by atoms with van der Waals surface area (Å²) < 4.78 is 11.8. The lowest BCUT2D eigenvalue weighted by atomic mass is 10.3. The Morgan fingerprint density at radius 3 is 2.60 bits per heavy atom. The predicted molar refractivity (Wildman–Crippen MR) is 65.1 cm³/mol. The van der Waals surface area contributed by atoms with Gasteiger partial charge in [-0.25, -0.2) is 0 Å². The number of nitrogen functional groups attached to an aromatic ring is 1. The summed E-state index contributed by atoms with van der Waals surface area (Å²) in [4.78, 5) is 0. The highest BCUT2D eigenvalue weighted by molar-refractivity contribution is 9.10. The molecule has 0 saturated carbocycles. The van der Waals surface area contributed by atoms with Gasteiger partial charge in [0.05, 0.1) is 12.7 Å². The van der Waals surface area contributed by atoms with Crippen LogP contribution >= 0.6 is 15.9 Å². The minimum atomic E-state index is 0.237. The maximum Gasteiger partial charge on any atom is 0.122 e. The lowest BCUT2D eigenvalue weighted by Crippen LogP contribution is -2.11. The van der Waals surface area contributed by atoms with E-state index in [0.717, 1.165) is 10.2 Å². The van der Waals surface area contributed by atoms with Crippen LogP contribution in [0.2, 0.25) is 0 Å². The maximum absolute atomic E-state index is 5.67. The predicted octanol–water partition coefficient (Wildman–Crippen LogP) is 2.84. The number of nitrogens with two attached hydrogens (primary N) is 1. The molecule has 0 spiro atoms. The molecule has 0 atom stereocenters. The SMILES string of the molecule is CC(C)OCCOc1cc(N)cc(Br)c1. The summed E-state index contributed by atoms with van der Waals surface area (Å²) in [6, 6.07) is 5.50. The van der Waals surface area contributed by atoms with Crippen molar-refractivity contribution in [3.63, 3.8) is 0 Å². The highest BCUT2D eigenvalue weighted by Crippen LogP contribution is 2.22. The van der Waals surface area contributed by atoms with Gasteiger partial charge in [0.2, 0.25) is 0 Å². The number of rotatable bonds is 5. The van der Waals surface area contributed by atoms with Crippen LogP contribution in [0.5, 0.6) is 5.75 Å². The lowest BCUT2D eigenvalue weighted by molar-refractivity contribution is 0.0553. The third-order valence-electron chi connectivity index (χ3n) is 1.70. The number of halogens is 1. The first-order valence-corrected chi connectivity index (χ1v) is 5.67. The number of hydrogen-bond acceptors (Lipinski definition) is 3. The number of hydrogen-bond donors (Lipinski definition) is 1. The van der Waals surface area contributed by atoms with Crippen LogP contribution < -0.4 is 10.5 Å². The number of ether oxygens (including phenoxy) is 2. The Morgan fingerprint density at radius 2 is 2.00 bits per heavy atom. The van der Waals surface area contributed by atoms with E-state index < -0.39 is 0 Å². The fraction of sp³-hybridized carbons (Fsp3) is 0.455. The number of anilines is 1. The molecule has 0 unspecified atom stereocenters. The smallest absolute Gasteiger partial charge is 0.122 e. The standard InChI is InChI=1S/C11H16BrNO2/c1-8(2)14-3-4-15-11-6-9(12)5-10(13)7-11/h5-8H,3-4,13H2,1-2H3. The summed E-state index contributed by atoms with van der Waals surface area (Å²) >= 11 is 3.35. The first-order chi connectivity index (χ1) is 7.08. The molecule has 0 radical (unpaired) electrons. The Hall–Kier alpha value is -0.740. The molecule has 0 heterocycles. The maximum atomic E-state index is 5.67. The molecular weight excluding hydrogens is 258 g/mol. The van der Waals surface area contributed by atoms with E-state index in [0.29, 0.717) is 18.9 Å². The molecule has 1 rings (SSSR count). The minimum Gasteiger partial charge on any atom is -0.491 e. The Kier molecular flexibility index (Phi) is 4.91. The third kappa shape index (κ3) is 5.04. The molecule has 0 aliphatic carbocycles. The van der Waals surface area contributed by atoms with E-state index in [9.17, 15) is 0 Å². The van der Waals surface area contributed by atoms with Crippen molar-refractivity contribution >= 4 is 21.6 Å². The van der Waals surface area contributed by atoms with E-state index in [4.69, 9.17) is 15.2 Å². The van der Waals surface area contributed by atoms with Crippen molar-refractivity contribution in [1.29, 1.82) is 0 Å². The van der Waals surface area contributed by atoms with E-state index in [-0.39, 0.29) is 6.10 Å². The van der Waals surface area contributed by atoms with Crippen LogP contribution in [0.3, 0.4) is 0 Å². The second-order valence-corrected chi connectivity index (χ2v) is 4.40. The molecule has 0 fully saturated rings. The Morgan fingerprint density at radius 1 is 1.27 bits per heavy atom. The average Bonchev–Trinajstić information content (AvgIpc) is 2.10. The van der Waals surface area contributed by atoms with Gasteiger partial charge in [0.1, 0.15) is 12.4 Å². The van der Waals surface area contributed by atoms with Crippen molar-refractivity contribution in [1.82, 2.24) is 0 Å². The van der Waals surface area contributed by atoms with E-state index in [1.165, 1.54) is 0 Å². The Labute approximate surface area is 98.7 Å². The van der Waals surface area contributed by atoms with Gasteiger partial charge in [-0.05, 0) is 26.0 Å². The minimum absolute atomic E-state index is 0.237. The zero-order chi connectivity index (χ0) is 11.3. The molecular formula is C11H16BrNO2. The molecule has 1 aromatic carbocycles. The first kappa shape index (κ1) is 12.3. The van der Waals surface area contributed by atoms with E-state index in [1.807, 2.05) is 26.0 Å². The van der Waals surface area contributed by atoms with E-state index >= 15 is 0 Å². The number of benzene rings is 1. The van der Waals surface area contributed by atoms with Crippen molar-refractivity contribution in [2.45, 2.75) is 20.0 Å². The highest BCUT2D eigenvalue weighted by Gasteiger charge is 1.98. The van der Waals surface area contributed by atoms with Crippen LogP contribution in [-0.4, -0.2) is 19.3 Å². The van der Waals surface area contributed by atoms with Crippen LogP contribution in [0.25, 0.3) is 0 Å². The van der Waals surface area contributed by atoms with Crippen LogP contribution in [0, 0.1) is 0 Å². The zero-order valence-electron chi connectivity index (χ0n) is 9.00. The third-order valence-corrected chi connectivity index (χ3v) is 2.15. The fourth-order valence-electron chi connectivity index (χ4n) is 1.11. The molecule has 4 heteroatoms. The molecule has 0 aromatic heterocycles. The van der Waals surface area contributed by atoms with Gasteiger partial charge >= 0.3 is 0 Å². The van der Waals surface area contributed by atoms with Gasteiger partial charge in [-0.3, -0.25) is 0 Å². The van der Waals surface area contributed by atoms with Gasteiger partial charge in [-0.1, -0.05) is 15.9 Å². The largest absolute Gasteiger partial charge is 0.491 e. The molecule has 0 aliphatic rings. The van der Waals surface area contributed by atoms with Gasteiger partial charge < -0.3 is 15.2 Å². The van der Waals surface area contributed by atoms with Gasteiger partial charge in [0, 0.05) is 16.2 Å². The van der Waals surface area contributed by atoms with E-state index in [1.54, 1.807) is 6.07 Å². The van der Waals surface area contributed by atoms with Gasteiger partial charge in [0.25, 0.3) is 0 Å². The van der Waals surface area contributed by atoms with Crippen LogP contribution in [0.1, 0.15) is 13.8 Å². The van der Waals surface area contributed by atoms with Crippen LogP contribution in [-0.2, 0) is 4.74 Å². The second kappa shape index (κ2) is 5.98. The molecule has 1 aromatic rings. The topological polar surface area (TPSA) is 44.5 Å². The average molecular weight is 274 g/mol. The monoisotopic (exact) mass is 273 g/mol. The summed E-state index contributed by atoms with van der Waals surface area (Å²) in [5, 5.41) is 0. The summed E-state index contributed by atoms with van der Waals surface area (Å²) in [6.45, 7) is 5.12. The molecule has 2 N–H and O–H groups in total. The van der Waals surface area contributed by atoms with Crippen molar-refractivity contribution in [3.05, 3.63) is 22.7 Å². The Bertz CT molecular complexity index is 295. The normalized spacial score (nSPS) is 10.7. The van der Waals surface area contributed by atoms with Crippen LogP contribution in [0.15, 0.2) is 22.7 Å². The van der Waals surface area contributed by atoms with Crippen molar-refractivity contribution in [2.24, 2.45) is 0 Å². The lowest BCUT2D eigenvalue weighted by Gasteiger charge is -2.10. The van der Waals surface area contributed by atoms with Gasteiger partial charge in [-0.2, -0.15) is 0 Å². The molecule has 0 bridgehead atoms. The highest BCUT2D eigenvalue weighted by atomic mass is 79.9. The van der Waals surface area contributed by atoms with Crippen molar-refractivity contribution in [2.75, 3.05) is 18.9 Å². The summed E-state index contributed by atoms with van der Waals surface area (Å²) in [7, 11) is 0. The van der Waals surface area contributed by atoms with Crippen LogP contribution in [0.4, 0.5) is 5.69 Å². The summed E-state index contributed by atoms with van der Waals surface area (Å²) in [6.07, 6.45) is 0.237. The molecule has 0 amide bonds. The molecule has 84 valence electrons. The molecule has 15 heavy (non-hydrogen) atoms. The van der Waals surface area contributed by atoms with Crippen molar-refractivity contribution < 1.29 is 9.47 Å². The zero-order valence-corrected chi connectivity index (χ0v) is 10.6. The quantitative estimate of drug-likeness (QED) is 0.663. The van der Waals surface area contributed by atoms with Gasteiger partial charge in [0.15, 0.2) is 0 Å². The van der Waals surface area contributed by atoms with E-state index in [2.05, 4.69) is 15.9 Å². The molecule has 3 nitrogen and oxygen atoms in total. The second-order valence-electron chi connectivity index (χ2n) is 3.49. The van der Waals surface area contributed by atoms with Crippen molar-refractivity contribution in [3.8, 4) is 5.75 Å². The molecule has 0 saturated heterocycles. The summed E-state index contributed by atoms with van der Waals surface area (Å²) in [5.41, 5.74) is 6.36. The fourth-order valence-corrected chi connectivity index (χ4v) is 1.60. The molecule has 0 aliphatic heterocycles. The first-order valence-electron chi connectivity index (χ1n) is 4.88. The Balaban J connectivity index is 2.37. The summed E-state index contributed by atoms with van der Waals surface area (Å²) in [5.74, 6) is 0.759. The van der Waals surface area contributed by atoms with Gasteiger partial charge in [-0.15, -0.1) is 0 Å².